The number of ether oxygens (including phenoxy) is 3. The molecule has 2 rings (SSSR count). The molecule has 1 aliphatic rings. The van der Waals surface area contributed by atoms with Crippen molar-refractivity contribution < 1.29 is 32.2 Å². The number of carbonyl (C=O) groups excluding carboxylic acids is 2. The van der Waals surface area contributed by atoms with Crippen LogP contribution in [-0.4, -0.2) is 78.4 Å². The lowest BCUT2D eigenvalue weighted by atomic mass is 10.0. The second kappa shape index (κ2) is 11.1. The molecule has 1 heterocycles. The second-order valence-corrected chi connectivity index (χ2v) is 8.43. The van der Waals surface area contributed by atoms with Gasteiger partial charge < -0.3 is 24.4 Å². The molecule has 0 unspecified atom stereocenters. The summed E-state index contributed by atoms with van der Waals surface area (Å²) in [5.74, 6) is -0.250. The number of carbonyl (C=O) groups is 2. The Morgan fingerprint density at radius 1 is 1.20 bits per heavy atom. The van der Waals surface area contributed by atoms with E-state index in [1.165, 1.54) is 32.4 Å². The van der Waals surface area contributed by atoms with Crippen LogP contribution in [-0.2, 0) is 19.5 Å². The summed E-state index contributed by atoms with van der Waals surface area (Å²) in [4.78, 5) is 25.9. The smallest absolute Gasteiger partial charge is 0.409 e. The molecule has 0 aromatic heterocycles. The van der Waals surface area contributed by atoms with Gasteiger partial charge in [0, 0.05) is 38.3 Å². The van der Waals surface area contributed by atoms with Crippen LogP contribution in [0.5, 0.6) is 5.75 Å². The Hall–Kier alpha value is -2.37. The fourth-order valence-corrected chi connectivity index (χ4v) is 4.28. The lowest BCUT2D eigenvalue weighted by Gasteiger charge is -2.31. The first kappa shape index (κ1) is 23.9. The van der Waals surface area contributed by atoms with Gasteiger partial charge in [-0.2, -0.15) is 0 Å². The normalized spacial score (nSPS) is 15.0. The summed E-state index contributed by atoms with van der Waals surface area (Å²) in [7, 11) is -1.05. The van der Waals surface area contributed by atoms with E-state index in [-0.39, 0.29) is 47.4 Å². The van der Waals surface area contributed by atoms with Crippen LogP contribution in [0, 0.1) is 0 Å². The van der Waals surface area contributed by atoms with Gasteiger partial charge in [-0.25, -0.2) is 17.9 Å². The van der Waals surface area contributed by atoms with Gasteiger partial charge in [0.25, 0.3) is 5.91 Å². The van der Waals surface area contributed by atoms with Crippen molar-refractivity contribution in [2.75, 3.05) is 47.1 Å². The number of methoxy groups -OCH3 is 2. The number of hydrogen-bond donors (Lipinski definition) is 2. The first-order chi connectivity index (χ1) is 14.3. The maximum Gasteiger partial charge on any atom is 0.409 e. The van der Waals surface area contributed by atoms with E-state index in [1.807, 2.05) is 0 Å². The SMILES string of the molecule is CCOC(=O)N1CCC(NC(=O)c2ccc(OC)c(S(=O)(=O)NCCOC)c2)CC1. The van der Waals surface area contributed by atoms with Crippen molar-refractivity contribution in [1.29, 1.82) is 0 Å². The van der Waals surface area contributed by atoms with Crippen molar-refractivity contribution in [1.82, 2.24) is 14.9 Å². The van der Waals surface area contributed by atoms with Gasteiger partial charge in [-0.3, -0.25) is 4.79 Å². The van der Waals surface area contributed by atoms with Gasteiger partial charge in [-0.1, -0.05) is 0 Å². The summed E-state index contributed by atoms with van der Waals surface area (Å²) in [6, 6.07) is 4.13. The number of likely N-dealkylation sites (tertiary alicyclic amines) is 1. The first-order valence-corrected chi connectivity index (χ1v) is 11.2. The maximum atomic E-state index is 12.7. The number of piperidine rings is 1. The molecule has 0 aliphatic carbocycles. The van der Waals surface area contributed by atoms with Gasteiger partial charge in [-0.15, -0.1) is 0 Å². The van der Waals surface area contributed by atoms with E-state index in [4.69, 9.17) is 14.2 Å². The first-order valence-electron chi connectivity index (χ1n) is 9.71. The predicted molar refractivity (Wildman–Crippen MR) is 109 cm³/mol. The molecular weight excluding hydrogens is 414 g/mol. The molecule has 30 heavy (non-hydrogen) atoms. The van der Waals surface area contributed by atoms with Crippen LogP contribution >= 0.6 is 0 Å². The van der Waals surface area contributed by atoms with Crippen LogP contribution in [0.15, 0.2) is 23.1 Å². The summed E-state index contributed by atoms with van der Waals surface area (Å²) in [6.45, 7) is 3.34. The average molecular weight is 444 g/mol. The van der Waals surface area contributed by atoms with Crippen molar-refractivity contribution in [2.45, 2.75) is 30.7 Å². The molecule has 0 radical (unpaired) electrons. The lowest BCUT2D eigenvalue weighted by molar-refractivity contribution is 0.0860. The van der Waals surface area contributed by atoms with Crippen LogP contribution in [0.4, 0.5) is 4.79 Å². The standard InChI is InChI=1S/C19H29N3O7S/c1-4-29-19(24)22-10-7-15(8-11-22)21-18(23)14-5-6-16(28-3)17(13-14)30(25,26)20-9-12-27-2/h5-6,13,15,20H,4,7-12H2,1-3H3,(H,21,23). The lowest BCUT2D eigenvalue weighted by Crippen LogP contribution is -2.46. The van der Waals surface area contributed by atoms with E-state index >= 15 is 0 Å². The van der Waals surface area contributed by atoms with Gasteiger partial charge in [0.15, 0.2) is 0 Å². The summed E-state index contributed by atoms with van der Waals surface area (Å²) in [5.41, 5.74) is 0.204. The molecule has 2 amide bonds. The highest BCUT2D eigenvalue weighted by atomic mass is 32.2. The molecular formula is C19H29N3O7S. The number of nitrogens with zero attached hydrogens (tertiary/aromatic N) is 1. The minimum absolute atomic E-state index is 0.0947. The third-order valence-electron chi connectivity index (χ3n) is 4.67. The highest BCUT2D eigenvalue weighted by Crippen LogP contribution is 2.25. The van der Waals surface area contributed by atoms with E-state index in [1.54, 1.807) is 11.8 Å². The summed E-state index contributed by atoms with van der Waals surface area (Å²) < 4.78 is 42.6. The Morgan fingerprint density at radius 3 is 2.50 bits per heavy atom. The van der Waals surface area contributed by atoms with E-state index < -0.39 is 10.0 Å². The molecule has 1 aromatic rings. The van der Waals surface area contributed by atoms with E-state index in [0.717, 1.165) is 0 Å². The van der Waals surface area contributed by atoms with E-state index in [9.17, 15) is 18.0 Å². The summed E-state index contributed by atoms with van der Waals surface area (Å²) in [5, 5.41) is 2.90. The molecule has 1 fully saturated rings. The van der Waals surface area contributed by atoms with Crippen molar-refractivity contribution in [2.24, 2.45) is 0 Å². The number of nitrogens with one attached hydrogen (secondary N) is 2. The molecule has 11 heteroatoms. The maximum absolute atomic E-state index is 12.7. The van der Waals surface area contributed by atoms with Gasteiger partial charge in [0.2, 0.25) is 10.0 Å². The Bertz CT molecular complexity index is 837. The van der Waals surface area contributed by atoms with E-state index in [0.29, 0.717) is 32.5 Å². The molecule has 0 bridgehead atoms. The number of sulfonamides is 1. The molecule has 1 aromatic carbocycles. The Balaban J connectivity index is 2.05. The number of hydrogen-bond acceptors (Lipinski definition) is 7. The minimum Gasteiger partial charge on any atom is -0.495 e. The number of rotatable bonds is 9. The van der Waals surface area contributed by atoms with Crippen LogP contribution in [0.1, 0.15) is 30.1 Å². The van der Waals surface area contributed by atoms with Crippen LogP contribution < -0.4 is 14.8 Å². The van der Waals surface area contributed by atoms with Crippen LogP contribution in [0.25, 0.3) is 0 Å². The number of benzene rings is 1. The molecule has 2 N–H and O–H groups in total. The predicted octanol–water partition coefficient (Wildman–Crippen LogP) is 0.971. The topological polar surface area (TPSA) is 123 Å². The highest BCUT2D eigenvalue weighted by Gasteiger charge is 2.26. The molecule has 0 spiro atoms. The molecule has 1 aliphatic heterocycles. The second-order valence-electron chi connectivity index (χ2n) is 6.69. The largest absolute Gasteiger partial charge is 0.495 e. The van der Waals surface area contributed by atoms with Crippen molar-refractivity contribution in [3.63, 3.8) is 0 Å². The Labute approximate surface area is 176 Å². The molecule has 1 saturated heterocycles. The van der Waals surface area contributed by atoms with Gasteiger partial charge in [-0.05, 0) is 38.0 Å². The summed E-state index contributed by atoms with van der Waals surface area (Å²) >= 11 is 0. The quantitative estimate of drug-likeness (QED) is 0.545. The average Bonchev–Trinajstić information content (AvgIpc) is 2.74. The highest BCUT2D eigenvalue weighted by molar-refractivity contribution is 7.89. The Morgan fingerprint density at radius 2 is 1.90 bits per heavy atom. The zero-order valence-electron chi connectivity index (χ0n) is 17.5. The van der Waals surface area contributed by atoms with E-state index in [2.05, 4.69) is 10.0 Å². The van der Waals surface area contributed by atoms with Gasteiger partial charge in [0.05, 0.1) is 20.3 Å². The molecule has 10 nitrogen and oxygen atoms in total. The van der Waals surface area contributed by atoms with Gasteiger partial charge in [0.1, 0.15) is 10.6 Å². The molecule has 0 saturated carbocycles. The van der Waals surface area contributed by atoms with Crippen molar-refractivity contribution >= 4 is 22.0 Å². The minimum atomic E-state index is -3.88. The molecule has 0 atom stereocenters. The third-order valence-corrected chi connectivity index (χ3v) is 6.15. The number of amides is 2. The third kappa shape index (κ3) is 6.31. The Kier molecular flexibility index (Phi) is 8.88. The van der Waals surface area contributed by atoms with Crippen LogP contribution in [0.2, 0.25) is 0 Å². The zero-order valence-corrected chi connectivity index (χ0v) is 18.3. The van der Waals surface area contributed by atoms with Crippen molar-refractivity contribution in [3.05, 3.63) is 23.8 Å². The monoisotopic (exact) mass is 443 g/mol. The van der Waals surface area contributed by atoms with Crippen LogP contribution in [0.3, 0.4) is 0 Å². The zero-order chi connectivity index (χ0) is 22.1. The summed E-state index contributed by atoms with van der Waals surface area (Å²) in [6.07, 6.45) is 0.822. The molecule has 168 valence electrons. The fourth-order valence-electron chi connectivity index (χ4n) is 3.07. The van der Waals surface area contributed by atoms with Crippen molar-refractivity contribution in [3.8, 4) is 5.75 Å². The van der Waals surface area contributed by atoms with Gasteiger partial charge >= 0.3 is 6.09 Å². The fraction of sp³-hybridized carbons (Fsp3) is 0.579.